The molecule has 0 unspecified atom stereocenters. The van der Waals surface area contributed by atoms with Gasteiger partial charge in [0.2, 0.25) is 5.91 Å². The molecule has 0 bridgehead atoms. The lowest BCUT2D eigenvalue weighted by Crippen LogP contribution is -2.34. The lowest BCUT2D eigenvalue weighted by atomic mass is 10.2. The molecule has 4 nitrogen and oxygen atoms in total. The van der Waals surface area contributed by atoms with Crippen LogP contribution in [0.2, 0.25) is 0 Å². The summed E-state index contributed by atoms with van der Waals surface area (Å²) in [5, 5.41) is 4.10. The van der Waals surface area contributed by atoms with Gasteiger partial charge in [-0.25, -0.2) is 4.39 Å². The lowest BCUT2D eigenvalue weighted by molar-refractivity contribution is -0.129. The summed E-state index contributed by atoms with van der Waals surface area (Å²) in [6.07, 6.45) is 0.678. The van der Waals surface area contributed by atoms with E-state index in [2.05, 4.69) is 11.4 Å². The summed E-state index contributed by atoms with van der Waals surface area (Å²) in [5.41, 5.74) is 1.49. The third-order valence-electron chi connectivity index (χ3n) is 4.39. The predicted molar refractivity (Wildman–Crippen MR) is 104 cm³/mol. The van der Waals surface area contributed by atoms with Crippen LogP contribution in [0.4, 0.5) is 4.39 Å². The van der Waals surface area contributed by atoms with Gasteiger partial charge in [0.25, 0.3) is 5.91 Å². The van der Waals surface area contributed by atoms with E-state index in [1.165, 1.54) is 18.2 Å². The number of thioether (sulfide) groups is 1. The molecule has 0 radical (unpaired) electrons. The summed E-state index contributed by atoms with van der Waals surface area (Å²) in [6, 6.07) is 7.76. The molecule has 138 valence electrons. The molecule has 2 aromatic rings. The maximum atomic E-state index is 13.3. The summed E-state index contributed by atoms with van der Waals surface area (Å²) < 4.78 is 13.3. The molecule has 1 fully saturated rings. The number of hydrogen-bond acceptors (Lipinski definition) is 4. The maximum absolute atomic E-state index is 13.3. The topological polar surface area (TPSA) is 40.6 Å². The molecule has 0 saturated carbocycles. The molecule has 2 atom stereocenters. The number of amides is 2. The number of thiophene rings is 1. The fourth-order valence-corrected chi connectivity index (χ4v) is 5.06. The zero-order valence-corrected chi connectivity index (χ0v) is 16.4. The highest BCUT2D eigenvalue weighted by molar-refractivity contribution is 8.01. The van der Waals surface area contributed by atoms with Crippen LogP contribution in [-0.4, -0.2) is 47.0 Å². The average molecular weight is 393 g/mol. The first-order chi connectivity index (χ1) is 12.5. The minimum Gasteiger partial charge on any atom is -0.342 e. The van der Waals surface area contributed by atoms with Gasteiger partial charge in [-0.05, 0) is 53.9 Å². The van der Waals surface area contributed by atoms with Gasteiger partial charge in [-0.2, -0.15) is 11.3 Å². The van der Waals surface area contributed by atoms with Gasteiger partial charge in [-0.15, -0.1) is 11.8 Å². The Morgan fingerprint density at radius 2 is 2.15 bits per heavy atom. The second kappa shape index (κ2) is 8.22. The zero-order valence-electron chi connectivity index (χ0n) is 14.7. The summed E-state index contributed by atoms with van der Waals surface area (Å²) >= 11 is 3.29. The van der Waals surface area contributed by atoms with Crippen molar-refractivity contribution in [3.63, 3.8) is 0 Å². The second-order valence-corrected chi connectivity index (χ2v) is 8.52. The molecule has 26 heavy (non-hydrogen) atoms. The van der Waals surface area contributed by atoms with Crippen molar-refractivity contribution in [3.8, 4) is 0 Å². The summed E-state index contributed by atoms with van der Waals surface area (Å²) in [6.45, 7) is 3.04. The fraction of sp³-hybridized carbons (Fsp3) is 0.368. The molecule has 1 aliphatic rings. The fourth-order valence-electron chi connectivity index (χ4n) is 3.00. The minimum absolute atomic E-state index is 0.0491. The van der Waals surface area contributed by atoms with Gasteiger partial charge in [0.1, 0.15) is 11.2 Å². The van der Waals surface area contributed by atoms with Gasteiger partial charge in [0.05, 0.1) is 5.25 Å². The first kappa shape index (κ1) is 18.9. The van der Waals surface area contributed by atoms with E-state index in [0.29, 0.717) is 25.1 Å². The van der Waals surface area contributed by atoms with E-state index in [1.54, 1.807) is 41.1 Å². The Hall–Kier alpha value is -1.86. The Morgan fingerprint density at radius 3 is 2.85 bits per heavy atom. The van der Waals surface area contributed by atoms with Crippen LogP contribution in [0.1, 0.15) is 34.6 Å². The third-order valence-corrected chi connectivity index (χ3v) is 6.48. The molecule has 3 rings (SSSR count). The number of rotatable bonds is 6. The molecule has 0 spiro atoms. The lowest BCUT2D eigenvalue weighted by Gasteiger charge is -2.25. The van der Waals surface area contributed by atoms with E-state index < -0.39 is 5.82 Å². The normalized spacial score (nSPS) is 19.8. The highest BCUT2D eigenvalue weighted by atomic mass is 32.2. The van der Waals surface area contributed by atoms with Gasteiger partial charge in [0, 0.05) is 25.7 Å². The van der Waals surface area contributed by atoms with Gasteiger partial charge >= 0.3 is 0 Å². The molecule has 0 N–H and O–H groups in total. The van der Waals surface area contributed by atoms with Gasteiger partial charge in [-0.3, -0.25) is 9.59 Å². The molecule has 0 aliphatic carbocycles. The van der Waals surface area contributed by atoms with Crippen LogP contribution in [-0.2, 0) is 4.79 Å². The summed E-state index contributed by atoms with van der Waals surface area (Å²) in [5.74, 6) is -0.490. The molecule has 2 amide bonds. The summed E-state index contributed by atoms with van der Waals surface area (Å²) in [4.78, 5) is 28.3. The van der Waals surface area contributed by atoms with Crippen molar-refractivity contribution >= 4 is 34.9 Å². The maximum Gasteiger partial charge on any atom is 0.253 e. The Bertz CT molecular complexity index is 782. The van der Waals surface area contributed by atoms with Gasteiger partial charge in [-0.1, -0.05) is 6.07 Å². The highest BCUT2D eigenvalue weighted by Crippen LogP contribution is 2.43. The molecule has 1 saturated heterocycles. The monoisotopic (exact) mass is 392 g/mol. The molecular formula is C19H21FN2O2S2. The van der Waals surface area contributed by atoms with Crippen molar-refractivity contribution in [2.75, 3.05) is 20.1 Å². The average Bonchev–Trinajstić information content (AvgIpc) is 3.24. The van der Waals surface area contributed by atoms with Crippen molar-refractivity contribution in [1.29, 1.82) is 0 Å². The van der Waals surface area contributed by atoms with E-state index in [1.807, 2.05) is 17.2 Å². The molecule has 1 aliphatic heterocycles. The van der Waals surface area contributed by atoms with Crippen LogP contribution in [0.5, 0.6) is 0 Å². The van der Waals surface area contributed by atoms with E-state index in [9.17, 15) is 14.0 Å². The van der Waals surface area contributed by atoms with Gasteiger partial charge in [0.15, 0.2) is 0 Å². The number of benzene rings is 1. The standard InChI is InChI=1S/C19H21FN2O2S2/c1-13-17(23)22(19(26-13)15-7-10-25-12-15)9-4-8-21(2)18(24)14-5-3-6-16(20)11-14/h3,5-7,10-13,19H,4,8-9H2,1-2H3/t13-,19+/m0/s1. The van der Waals surface area contributed by atoms with E-state index in [4.69, 9.17) is 0 Å². The third kappa shape index (κ3) is 4.10. The van der Waals surface area contributed by atoms with Crippen molar-refractivity contribution in [3.05, 3.63) is 58.0 Å². The van der Waals surface area contributed by atoms with Crippen molar-refractivity contribution in [2.45, 2.75) is 24.0 Å². The largest absolute Gasteiger partial charge is 0.342 e. The minimum atomic E-state index is -0.420. The van der Waals surface area contributed by atoms with E-state index >= 15 is 0 Å². The summed E-state index contributed by atoms with van der Waals surface area (Å²) in [7, 11) is 1.70. The Kier molecular flexibility index (Phi) is 5.98. The number of carbonyl (C=O) groups is 2. The first-order valence-electron chi connectivity index (χ1n) is 8.46. The number of nitrogens with zero attached hydrogens (tertiary/aromatic N) is 2. The number of carbonyl (C=O) groups excluding carboxylic acids is 2. The van der Waals surface area contributed by atoms with Crippen molar-refractivity contribution in [2.24, 2.45) is 0 Å². The van der Waals surface area contributed by atoms with E-state index in [0.717, 1.165) is 5.56 Å². The van der Waals surface area contributed by atoms with Crippen LogP contribution >= 0.6 is 23.1 Å². The molecule has 1 aromatic carbocycles. The van der Waals surface area contributed by atoms with Crippen LogP contribution in [0, 0.1) is 5.82 Å². The van der Waals surface area contributed by atoms with Crippen LogP contribution in [0.15, 0.2) is 41.1 Å². The Balaban J connectivity index is 1.57. The predicted octanol–water partition coefficient (Wildman–Crippen LogP) is 4.01. The van der Waals surface area contributed by atoms with E-state index in [-0.39, 0.29) is 22.4 Å². The number of hydrogen-bond donors (Lipinski definition) is 0. The quantitative estimate of drug-likeness (QED) is 0.746. The highest BCUT2D eigenvalue weighted by Gasteiger charge is 2.38. The van der Waals surface area contributed by atoms with Gasteiger partial charge < -0.3 is 9.80 Å². The Morgan fingerprint density at radius 1 is 1.35 bits per heavy atom. The molecule has 2 heterocycles. The molecule has 1 aromatic heterocycles. The van der Waals surface area contributed by atoms with Crippen molar-refractivity contribution < 1.29 is 14.0 Å². The number of halogens is 1. The second-order valence-electron chi connectivity index (χ2n) is 6.31. The SMILES string of the molecule is C[C@@H]1S[C@H](c2ccsc2)N(CCCN(C)C(=O)c2cccc(F)c2)C1=O. The Labute approximate surface area is 161 Å². The van der Waals surface area contributed by atoms with Crippen LogP contribution < -0.4 is 0 Å². The van der Waals surface area contributed by atoms with Crippen molar-refractivity contribution in [1.82, 2.24) is 9.80 Å². The molecule has 7 heteroatoms. The molecular weight excluding hydrogens is 371 g/mol. The van der Waals surface area contributed by atoms with Crippen LogP contribution in [0.25, 0.3) is 0 Å². The van der Waals surface area contributed by atoms with Crippen LogP contribution in [0.3, 0.4) is 0 Å². The zero-order chi connectivity index (χ0) is 18.7. The first-order valence-corrected chi connectivity index (χ1v) is 10.3. The smallest absolute Gasteiger partial charge is 0.253 e.